The van der Waals surface area contributed by atoms with Gasteiger partial charge < -0.3 is 5.32 Å². The van der Waals surface area contributed by atoms with E-state index in [-0.39, 0.29) is 5.54 Å². The third kappa shape index (κ3) is 3.54. The van der Waals surface area contributed by atoms with Crippen LogP contribution in [0.2, 0.25) is 5.02 Å². The standard InChI is InChI=1S/C13H16ClIN2S/c1-3-13(2)6-7-18-12(17-13)16-11-5-4-9(15)8-10(11)14/h4-5,8H,3,6-7H2,1-2H3,(H,16,17). The highest BCUT2D eigenvalue weighted by Crippen LogP contribution is 2.31. The van der Waals surface area contributed by atoms with Gasteiger partial charge in [0.15, 0.2) is 5.17 Å². The average molecular weight is 395 g/mol. The van der Waals surface area contributed by atoms with Crippen molar-refractivity contribution >= 4 is 56.8 Å². The van der Waals surface area contributed by atoms with Gasteiger partial charge >= 0.3 is 0 Å². The fourth-order valence-corrected chi connectivity index (χ4v) is 3.83. The van der Waals surface area contributed by atoms with Crippen molar-refractivity contribution in [3.8, 4) is 0 Å². The molecule has 1 aliphatic heterocycles. The second-order valence-corrected chi connectivity index (χ2v) is 7.35. The summed E-state index contributed by atoms with van der Waals surface area (Å²) < 4.78 is 1.14. The fraction of sp³-hybridized carbons (Fsp3) is 0.462. The number of rotatable bonds is 2. The SMILES string of the molecule is CCC1(C)CCSC(Nc2ccc(I)cc2Cl)=N1. The molecule has 0 aromatic heterocycles. The van der Waals surface area contributed by atoms with Gasteiger partial charge in [-0.15, -0.1) is 0 Å². The lowest BCUT2D eigenvalue weighted by molar-refractivity contribution is 0.443. The molecule has 0 saturated carbocycles. The van der Waals surface area contributed by atoms with Crippen LogP contribution in [0.25, 0.3) is 0 Å². The Kier molecular flexibility index (Phi) is 4.83. The van der Waals surface area contributed by atoms with Crippen molar-refractivity contribution in [3.05, 3.63) is 26.8 Å². The molecule has 1 N–H and O–H groups in total. The zero-order valence-corrected chi connectivity index (χ0v) is 14.2. The van der Waals surface area contributed by atoms with Crippen LogP contribution in [0.5, 0.6) is 0 Å². The first-order chi connectivity index (χ1) is 8.52. The second-order valence-electron chi connectivity index (χ2n) is 4.62. The predicted octanol–water partition coefficient (Wildman–Crippen LogP) is 5.02. The number of nitrogens with zero attached hydrogens (tertiary/aromatic N) is 1. The summed E-state index contributed by atoms with van der Waals surface area (Å²) in [6.45, 7) is 4.40. The first kappa shape index (κ1) is 14.5. The summed E-state index contributed by atoms with van der Waals surface area (Å²) >= 11 is 10.2. The van der Waals surface area contributed by atoms with Gasteiger partial charge in [0, 0.05) is 9.32 Å². The summed E-state index contributed by atoms with van der Waals surface area (Å²) in [4.78, 5) is 4.80. The highest BCUT2D eigenvalue weighted by atomic mass is 127. The van der Waals surface area contributed by atoms with Gasteiger partial charge in [0.25, 0.3) is 0 Å². The Balaban J connectivity index is 2.18. The molecule has 98 valence electrons. The molecule has 2 nitrogen and oxygen atoms in total. The lowest BCUT2D eigenvalue weighted by atomic mass is 9.97. The van der Waals surface area contributed by atoms with Gasteiger partial charge in [-0.3, -0.25) is 4.99 Å². The summed E-state index contributed by atoms with van der Waals surface area (Å²) in [6.07, 6.45) is 2.21. The molecular formula is C13H16ClIN2S. The minimum atomic E-state index is 0.0727. The van der Waals surface area contributed by atoms with E-state index in [1.807, 2.05) is 18.2 Å². The Morgan fingerprint density at radius 1 is 1.56 bits per heavy atom. The molecule has 1 aromatic rings. The predicted molar refractivity (Wildman–Crippen MR) is 91.0 cm³/mol. The molecule has 1 atom stereocenters. The molecule has 1 aromatic carbocycles. The highest BCUT2D eigenvalue weighted by Gasteiger charge is 2.26. The number of anilines is 1. The molecule has 1 aliphatic rings. The van der Waals surface area contributed by atoms with E-state index in [1.165, 1.54) is 0 Å². The first-order valence-corrected chi connectivity index (χ1v) is 8.41. The van der Waals surface area contributed by atoms with Gasteiger partial charge in [0.2, 0.25) is 0 Å². The zero-order chi connectivity index (χ0) is 13.2. The van der Waals surface area contributed by atoms with Gasteiger partial charge in [-0.25, -0.2) is 0 Å². The van der Waals surface area contributed by atoms with Gasteiger partial charge in [0.1, 0.15) is 0 Å². The van der Waals surface area contributed by atoms with E-state index >= 15 is 0 Å². The van der Waals surface area contributed by atoms with Gasteiger partial charge in [-0.2, -0.15) is 0 Å². The molecule has 2 rings (SSSR count). The minimum absolute atomic E-state index is 0.0727. The number of nitrogens with one attached hydrogen (secondary N) is 1. The van der Waals surface area contributed by atoms with Crippen molar-refractivity contribution in [1.82, 2.24) is 0 Å². The first-order valence-electron chi connectivity index (χ1n) is 5.97. The Morgan fingerprint density at radius 2 is 2.33 bits per heavy atom. The molecular weight excluding hydrogens is 379 g/mol. The van der Waals surface area contributed by atoms with Gasteiger partial charge in [0.05, 0.1) is 16.2 Å². The monoisotopic (exact) mass is 394 g/mol. The quantitative estimate of drug-likeness (QED) is 0.712. The summed E-state index contributed by atoms with van der Waals surface area (Å²) in [7, 11) is 0. The molecule has 1 unspecified atom stereocenters. The maximum Gasteiger partial charge on any atom is 0.161 e. The van der Waals surface area contributed by atoms with Crippen LogP contribution in [0.3, 0.4) is 0 Å². The van der Waals surface area contributed by atoms with E-state index in [0.717, 1.165) is 38.0 Å². The maximum atomic E-state index is 6.22. The fourth-order valence-electron chi connectivity index (χ4n) is 1.73. The lowest BCUT2D eigenvalue weighted by Crippen LogP contribution is -2.29. The Hall–Kier alpha value is 0.0600. The third-order valence-electron chi connectivity index (χ3n) is 3.19. The number of amidine groups is 1. The molecule has 0 amide bonds. The van der Waals surface area contributed by atoms with Crippen LogP contribution in [0.4, 0.5) is 5.69 Å². The molecule has 0 radical (unpaired) electrons. The number of benzene rings is 1. The normalized spacial score (nSPS) is 23.7. The molecule has 0 saturated heterocycles. The van der Waals surface area contributed by atoms with Gasteiger partial charge in [-0.1, -0.05) is 30.3 Å². The molecule has 0 fully saturated rings. The van der Waals surface area contributed by atoms with Crippen LogP contribution < -0.4 is 5.32 Å². The second kappa shape index (κ2) is 6.01. The summed E-state index contributed by atoms with van der Waals surface area (Å²) in [5.74, 6) is 1.11. The average Bonchev–Trinajstić information content (AvgIpc) is 2.33. The van der Waals surface area contributed by atoms with Crippen LogP contribution in [0.15, 0.2) is 23.2 Å². The largest absolute Gasteiger partial charge is 0.334 e. The molecule has 0 aliphatic carbocycles. The van der Waals surface area contributed by atoms with Crippen LogP contribution >= 0.6 is 46.0 Å². The number of hydrogen-bond acceptors (Lipinski definition) is 3. The van der Waals surface area contributed by atoms with Crippen molar-refractivity contribution in [3.63, 3.8) is 0 Å². The summed E-state index contributed by atoms with van der Waals surface area (Å²) in [5, 5.41) is 5.07. The van der Waals surface area contributed by atoms with E-state index in [1.54, 1.807) is 11.8 Å². The van der Waals surface area contributed by atoms with Crippen molar-refractivity contribution in [2.45, 2.75) is 32.2 Å². The smallest absolute Gasteiger partial charge is 0.161 e. The summed E-state index contributed by atoms with van der Waals surface area (Å²) in [5.41, 5.74) is 1.01. The zero-order valence-electron chi connectivity index (χ0n) is 10.5. The van der Waals surface area contributed by atoms with E-state index in [4.69, 9.17) is 16.6 Å². The maximum absolute atomic E-state index is 6.22. The third-order valence-corrected chi connectivity index (χ3v) is 5.04. The Morgan fingerprint density at radius 3 is 3.00 bits per heavy atom. The Labute approximate surface area is 131 Å². The van der Waals surface area contributed by atoms with E-state index in [2.05, 4.69) is 41.8 Å². The highest BCUT2D eigenvalue weighted by molar-refractivity contribution is 14.1. The summed E-state index contributed by atoms with van der Waals surface area (Å²) in [6, 6.07) is 6.00. The van der Waals surface area contributed by atoms with E-state index < -0.39 is 0 Å². The van der Waals surface area contributed by atoms with Crippen LogP contribution in [-0.2, 0) is 0 Å². The van der Waals surface area contributed by atoms with Crippen molar-refractivity contribution in [1.29, 1.82) is 0 Å². The van der Waals surface area contributed by atoms with Crippen molar-refractivity contribution in [2.75, 3.05) is 11.1 Å². The number of hydrogen-bond donors (Lipinski definition) is 1. The van der Waals surface area contributed by atoms with Crippen molar-refractivity contribution < 1.29 is 0 Å². The molecule has 0 bridgehead atoms. The minimum Gasteiger partial charge on any atom is -0.334 e. The molecule has 1 heterocycles. The topological polar surface area (TPSA) is 24.4 Å². The van der Waals surface area contributed by atoms with E-state index in [0.29, 0.717) is 0 Å². The molecule has 18 heavy (non-hydrogen) atoms. The van der Waals surface area contributed by atoms with Gasteiger partial charge in [-0.05, 0) is 60.6 Å². The number of aliphatic imine (C=N–C) groups is 1. The van der Waals surface area contributed by atoms with Crippen LogP contribution in [0, 0.1) is 3.57 Å². The van der Waals surface area contributed by atoms with Crippen LogP contribution in [-0.4, -0.2) is 16.5 Å². The van der Waals surface area contributed by atoms with Crippen LogP contribution in [0.1, 0.15) is 26.7 Å². The number of halogens is 2. The number of thioether (sulfide) groups is 1. The van der Waals surface area contributed by atoms with E-state index in [9.17, 15) is 0 Å². The molecule has 5 heteroatoms. The lowest BCUT2D eigenvalue weighted by Gasteiger charge is -2.29. The van der Waals surface area contributed by atoms with Crippen molar-refractivity contribution in [2.24, 2.45) is 4.99 Å². The Bertz CT molecular complexity index is 478. The molecule has 0 spiro atoms.